The zero-order chi connectivity index (χ0) is 18.0. The van der Waals surface area contributed by atoms with Crippen molar-refractivity contribution >= 4 is 5.91 Å². The van der Waals surface area contributed by atoms with Gasteiger partial charge >= 0.3 is 0 Å². The second-order valence-electron chi connectivity index (χ2n) is 8.20. The molecule has 0 spiro atoms. The summed E-state index contributed by atoms with van der Waals surface area (Å²) in [7, 11) is 0. The van der Waals surface area contributed by atoms with E-state index in [-0.39, 0.29) is 11.9 Å². The summed E-state index contributed by atoms with van der Waals surface area (Å²) in [6.45, 7) is 4.72. The lowest BCUT2D eigenvalue weighted by Crippen LogP contribution is -2.44. The van der Waals surface area contributed by atoms with E-state index in [0.717, 1.165) is 12.8 Å². The molecule has 140 valence electrons. The number of carbonyl (C=O) groups excluding carboxylic acids is 1. The van der Waals surface area contributed by atoms with Crippen molar-refractivity contribution in [1.82, 2.24) is 19.9 Å². The SMILES string of the molecule is CC(C)(O)c1cnnn1C1CCN(C(=O)[C@H](N)CC2CCCCC2)C1. The van der Waals surface area contributed by atoms with Crippen LogP contribution in [-0.2, 0) is 10.4 Å². The van der Waals surface area contributed by atoms with Crippen molar-refractivity contribution in [3.63, 3.8) is 0 Å². The zero-order valence-corrected chi connectivity index (χ0v) is 15.4. The quantitative estimate of drug-likeness (QED) is 0.841. The van der Waals surface area contributed by atoms with E-state index in [2.05, 4.69) is 10.3 Å². The summed E-state index contributed by atoms with van der Waals surface area (Å²) in [6.07, 6.45) is 9.47. The monoisotopic (exact) mass is 349 g/mol. The van der Waals surface area contributed by atoms with Crippen molar-refractivity contribution in [2.45, 2.75) is 76.5 Å². The van der Waals surface area contributed by atoms with Crippen LogP contribution in [0.3, 0.4) is 0 Å². The van der Waals surface area contributed by atoms with Gasteiger partial charge in [0.05, 0.1) is 24.0 Å². The van der Waals surface area contributed by atoms with Gasteiger partial charge in [-0.25, -0.2) is 4.68 Å². The van der Waals surface area contributed by atoms with Gasteiger partial charge in [-0.1, -0.05) is 37.3 Å². The largest absolute Gasteiger partial charge is 0.384 e. The van der Waals surface area contributed by atoms with E-state index in [1.807, 2.05) is 4.90 Å². The molecule has 1 aliphatic carbocycles. The maximum Gasteiger partial charge on any atom is 0.239 e. The molecule has 1 saturated heterocycles. The lowest BCUT2D eigenvalue weighted by atomic mass is 9.85. The minimum absolute atomic E-state index is 0.0507. The van der Waals surface area contributed by atoms with Crippen LogP contribution < -0.4 is 5.73 Å². The first-order chi connectivity index (χ1) is 11.9. The highest BCUT2D eigenvalue weighted by molar-refractivity contribution is 5.81. The molecule has 0 aromatic carbocycles. The summed E-state index contributed by atoms with van der Waals surface area (Å²) in [4.78, 5) is 14.6. The van der Waals surface area contributed by atoms with Crippen molar-refractivity contribution < 1.29 is 9.90 Å². The average molecular weight is 349 g/mol. The molecule has 2 fully saturated rings. The first kappa shape index (κ1) is 18.3. The Morgan fingerprint density at radius 2 is 2.08 bits per heavy atom. The molecule has 1 aliphatic heterocycles. The van der Waals surface area contributed by atoms with E-state index < -0.39 is 11.6 Å². The molecular formula is C18H31N5O2. The Balaban J connectivity index is 1.58. The van der Waals surface area contributed by atoms with Crippen molar-refractivity contribution in [3.05, 3.63) is 11.9 Å². The second-order valence-corrected chi connectivity index (χ2v) is 8.20. The standard InChI is InChI=1S/C18H31N5O2/c1-18(2,25)16-11-20-21-23(16)14-8-9-22(12-14)17(24)15(19)10-13-6-4-3-5-7-13/h11,13-15,25H,3-10,12,19H2,1-2H3/t14?,15-/m1/s1. The van der Waals surface area contributed by atoms with Crippen LogP contribution in [0, 0.1) is 5.92 Å². The van der Waals surface area contributed by atoms with E-state index in [9.17, 15) is 9.90 Å². The van der Waals surface area contributed by atoms with E-state index in [1.165, 1.54) is 32.1 Å². The summed E-state index contributed by atoms with van der Waals surface area (Å²) < 4.78 is 1.76. The molecule has 7 nitrogen and oxygen atoms in total. The summed E-state index contributed by atoms with van der Waals surface area (Å²) in [5.41, 5.74) is 5.90. The van der Waals surface area contributed by atoms with Crippen LogP contribution in [0.5, 0.6) is 0 Å². The number of nitrogens with two attached hydrogens (primary N) is 1. The summed E-state index contributed by atoms with van der Waals surface area (Å²) >= 11 is 0. The van der Waals surface area contributed by atoms with Gasteiger partial charge in [0.1, 0.15) is 5.60 Å². The fourth-order valence-electron chi connectivity index (χ4n) is 4.21. The molecule has 1 unspecified atom stereocenters. The molecule has 1 amide bonds. The maximum absolute atomic E-state index is 12.7. The van der Waals surface area contributed by atoms with Crippen molar-refractivity contribution in [3.8, 4) is 0 Å². The molecule has 25 heavy (non-hydrogen) atoms. The van der Waals surface area contributed by atoms with Gasteiger partial charge in [0.25, 0.3) is 0 Å². The first-order valence-corrected chi connectivity index (χ1v) is 9.53. The van der Waals surface area contributed by atoms with E-state index in [4.69, 9.17) is 5.73 Å². The van der Waals surface area contributed by atoms with Gasteiger partial charge in [-0.05, 0) is 32.6 Å². The predicted molar refractivity (Wildman–Crippen MR) is 94.7 cm³/mol. The van der Waals surface area contributed by atoms with Gasteiger partial charge in [0.2, 0.25) is 5.91 Å². The van der Waals surface area contributed by atoms with Gasteiger partial charge in [-0.2, -0.15) is 0 Å². The number of hydrogen-bond acceptors (Lipinski definition) is 5. The van der Waals surface area contributed by atoms with E-state index >= 15 is 0 Å². The lowest BCUT2D eigenvalue weighted by molar-refractivity contribution is -0.132. The van der Waals surface area contributed by atoms with E-state index in [1.54, 1.807) is 24.7 Å². The van der Waals surface area contributed by atoms with Crippen LogP contribution in [0.4, 0.5) is 0 Å². The maximum atomic E-state index is 12.7. The van der Waals surface area contributed by atoms with Crippen molar-refractivity contribution in [2.24, 2.45) is 11.7 Å². The molecular weight excluding hydrogens is 318 g/mol. The van der Waals surface area contributed by atoms with Crippen molar-refractivity contribution in [1.29, 1.82) is 0 Å². The fourth-order valence-corrected chi connectivity index (χ4v) is 4.21. The minimum atomic E-state index is -1.00. The molecule has 2 atom stereocenters. The lowest BCUT2D eigenvalue weighted by Gasteiger charge is -2.27. The number of aromatic nitrogens is 3. The molecule has 3 N–H and O–H groups in total. The molecule has 1 aromatic rings. The third kappa shape index (κ3) is 4.20. The van der Waals surface area contributed by atoms with Gasteiger partial charge in [0, 0.05) is 13.1 Å². The smallest absolute Gasteiger partial charge is 0.239 e. The molecule has 0 bridgehead atoms. The molecule has 2 heterocycles. The third-order valence-corrected chi connectivity index (χ3v) is 5.65. The van der Waals surface area contributed by atoms with Crippen LogP contribution in [0.15, 0.2) is 6.20 Å². The number of rotatable bonds is 5. The number of aliphatic hydroxyl groups is 1. The molecule has 1 aromatic heterocycles. The number of nitrogens with zero attached hydrogens (tertiary/aromatic N) is 4. The van der Waals surface area contributed by atoms with Gasteiger partial charge in [-0.3, -0.25) is 4.79 Å². The Labute approximate surface area is 149 Å². The number of likely N-dealkylation sites (tertiary alicyclic amines) is 1. The summed E-state index contributed by atoms with van der Waals surface area (Å²) in [5.74, 6) is 0.654. The highest BCUT2D eigenvalue weighted by atomic mass is 16.3. The van der Waals surface area contributed by atoms with Crippen LogP contribution >= 0.6 is 0 Å². The third-order valence-electron chi connectivity index (χ3n) is 5.65. The normalized spacial score (nSPS) is 23.8. The molecule has 0 radical (unpaired) electrons. The van der Waals surface area contributed by atoms with E-state index in [0.29, 0.717) is 24.7 Å². The second kappa shape index (κ2) is 7.41. The highest BCUT2D eigenvalue weighted by Gasteiger charge is 2.34. The predicted octanol–water partition coefficient (Wildman–Crippen LogP) is 1.58. The summed E-state index contributed by atoms with van der Waals surface area (Å²) in [6, 6.07) is -0.346. The van der Waals surface area contributed by atoms with Gasteiger partial charge in [0.15, 0.2) is 0 Å². The minimum Gasteiger partial charge on any atom is -0.384 e. The Bertz CT molecular complexity index is 589. The Morgan fingerprint density at radius 3 is 2.76 bits per heavy atom. The summed E-state index contributed by atoms with van der Waals surface area (Å²) in [5, 5.41) is 18.3. The fraction of sp³-hybridized carbons (Fsp3) is 0.833. The number of hydrogen-bond donors (Lipinski definition) is 2. The number of amides is 1. The van der Waals surface area contributed by atoms with Crippen LogP contribution in [-0.4, -0.2) is 50.0 Å². The van der Waals surface area contributed by atoms with Gasteiger partial charge < -0.3 is 15.7 Å². The van der Waals surface area contributed by atoms with Gasteiger partial charge in [-0.15, -0.1) is 5.10 Å². The topological polar surface area (TPSA) is 97.3 Å². The van der Waals surface area contributed by atoms with Crippen LogP contribution in [0.2, 0.25) is 0 Å². The molecule has 1 saturated carbocycles. The first-order valence-electron chi connectivity index (χ1n) is 9.53. The number of carbonyl (C=O) groups is 1. The zero-order valence-electron chi connectivity index (χ0n) is 15.4. The highest BCUT2D eigenvalue weighted by Crippen LogP contribution is 2.29. The Morgan fingerprint density at radius 1 is 1.36 bits per heavy atom. The average Bonchev–Trinajstić information content (AvgIpc) is 3.23. The van der Waals surface area contributed by atoms with Crippen LogP contribution in [0.25, 0.3) is 0 Å². The molecule has 7 heteroatoms. The van der Waals surface area contributed by atoms with Crippen molar-refractivity contribution in [2.75, 3.05) is 13.1 Å². The van der Waals surface area contributed by atoms with Crippen LogP contribution in [0.1, 0.15) is 70.5 Å². The molecule has 3 rings (SSSR count). The Hall–Kier alpha value is -1.47. The Kier molecular flexibility index (Phi) is 5.43. The molecule has 2 aliphatic rings.